The average molecular weight is 190 g/mol. The Kier molecular flexibility index (Phi) is 1.85. The maximum Gasteiger partial charge on any atom is 0.239 e. The zero-order chi connectivity index (χ0) is 10.1. The first-order valence-corrected chi connectivity index (χ1v) is 4.14. The van der Waals surface area contributed by atoms with Crippen LogP contribution in [0.25, 0.3) is 11.4 Å². The minimum absolute atomic E-state index is 0.195. The van der Waals surface area contributed by atoms with Gasteiger partial charge in [-0.1, -0.05) is 12.1 Å². The van der Waals surface area contributed by atoms with Crippen molar-refractivity contribution in [3.05, 3.63) is 23.8 Å². The van der Waals surface area contributed by atoms with E-state index in [1.807, 2.05) is 19.1 Å². The molecule has 0 fully saturated rings. The Morgan fingerprint density at radius 1 is 1.43 bits per heavy atom. The van der Waals surface area contributed by atoms with Crippen molar-refractivity contribution in [3.8, 4) is 17.1 Å². The molecule has 14 heavy (non-hydrogen) atoms. The molecule has 0 amide bonds. The van der Waals surface area contributed by atoms with E-state index in [2.05, 4.69) is 15.2 Å². The van der Waals surface area contributed by atoms with Gasteiger partial charge in [0.1, 0.15) is 5.75 Å². The summed E-state index contributed by atoms with van der Waals surface area (Å²) in [6, 6.07) is 5.27. The maximum absolute atomic E-state index is 9.47. The van der Waals surface area contributed by atoms with Crippen LogP contribution in [0.5, 0.6) is 5.75 Å². The molecule has 0 aliphatic rings. The lowest BCUT2D eigenvalue weighted by atomic mass is 10.1. The van der Waals surface area contributed by atoms with Crippen molar-refractivity contribution in [2.75, 3.05) is 5.73 Å². The van der Waals surface area contributed by atoms with Gasteiger partial charge in [-0.25, -0.2) is 0 Å². The molecular formula is C9H10N4O. The number of nitrogen functional groups attached to an aromatic ring is 1. The van der Waals surface area contributed by atoms with Crippen molar-refractivity contribution < 1.29 is 5.11 Å². The van der Waals surface area contributed by atoms with E-state index in [1.54, 1.807) is 6.07 Å². The number of nitrogens with one attached hydrogen (secondary N) is 1. The molecular weight excluding hydrogens is 180 g/mol. The van der Waals surface area contributed by atoms with Crippen LogP contribution in [0.4, 0.5) is 5.95 Å². The van der Waals surface area contributed by atoms with Crippen LogP contribution in [0, 0.1) is 6.92 Å². The highest BCUT2D eigenvalue weighted by atomic mass is 16.3. The number of nitrogens with zero attached hydrogens (tertiary/aromatic N) is 2. The fourth-order valence-corrected chi connectivity index (χ4v) is 1.16. The molecule has 1 aromatic heterocycles. The number of phenolic OH excluding ortho intramolecular Hbond substituents is 1. The van der Waals surface area contributed by atoms with Crippen molar-refractivity contribution in [1.29, 1.82) is 0 Å². The van der Waals surface area contributed by atoms with Crippen molar-refractivity contribution in [2.45, 2.75) is 6.92 Å². The number of aryl methyl sites for hydroxylation is 1. The first kappa shape index (κ1) is 8.55. The largest absolute Gasteiger partial charge is 0.508 e. The summed E-state index contributed by atoms with van der Waals surface area (Å²) < 4.78 is 0. The number of aromatic amines is 1. The summed E-state index contributed by atoms with van der Waals surface area (Å²) in [7, 11) is 0. The van der Waals surface area contributed by atoms with Crippen LogP contribution < -0.4 is 5.73 Å². The van der Waals surface area contributed by atoms with E-state index in [1.165, 1.54) is 0 Å². The molecule has 0 aliphatic carbocycles. The molecule has 0 unspecified atom stereocenters. The third kappa shape index (κ3) is 1.39. The molecule has 72 valence electrons. The van der Waals surface area contributed by atoms with E-state index in [4.69, 9.17) is 5.73 Å². The van der Waals surface area contributed by atoms with Crippen LogP contribution in [0.1, 0.15) is 5.56 Å². The van der Waals surface area contributed by atoms with Gasteiger partial charge in [-0.05, 0) is 18.6 Å². The smallest absolute Gasteiger partial charge is 0.239 e. The zero-order valence-electron chi connectivity index (χ0n) is 7.65. The predicted molar refractivity (Wildman–Crippen MR) is 52.6 cm³/mol. The fraction of sp³-hybridized carbons (Fsp3) is 0.111. The molecule has 2 aromatic rings. The van der Waals surface area contributed by atoms with Crippen molar-refractivity contribution in [1.82, 2.24) is 15.2 Å². The van der Waals surface area contributed by atoms with Crippen LogP contribution in [0.3, 0.4) is 0 Å². The normalized spacial score (nSPS) is 10.4. The lowest BCUT2D eigenvalue weighted by Crippen LogP contribution is -1.85. The molecule has 2 rings (SSSR count). The first-order chi connectivity index (χ1) is 6.66. The Bertz CT molecular complexity index is 464. The summed E-state index contributed by atoms with van der Waals surface area (Å²) >= 11 is 0. The molecule has 0 atom stereocenters. The molecule has 1 heterocycles. The molecule has 0 aliphatic heterocycles. The van der Waals surface area contributed by atoms with E-state index >= 15 is 0 Å². The number of anilines is 1. The van der Waals surface area contributed by atoms with Crippen LogP contribution in [-0.2, 0) is 0 Å². The second-order valence-electron chi connectivity index (χ2n) is 3.04. The second kappa shape index (κ2) is 3.02. The monoisotopic (exact) mass is 190 g/mol. The second-order valence-corrected chi connectivity index (χ2v) is 3.04. The highest BCUT2D eigenvalue weighted by Crippen LogP contribution is 2.23. The lowest BCUT2D eigenvalue weighted by Gasteiger charge is -2.00. The molecule has 0 radical (unpaired) electrons. The molecule has 5 nitrogen and oxygen atoms in total. The third-order valence-corrected chi connectivity index (χ3v) is 1.99. The number of H-pyrrole nitrogens is 1. The number of hydrogen-bond acceptors (Lipinski definition) is 4. The predicted octanol–water partition coefficient (Wildman–Crippen LogP) is 1.07. The van der Waals surface area contributed by atoms with Crippen LogP contribution in [0.2, 0.25) is 0 Å². The molecule has 4 N–H and O–H groups in total. The van der Waals surface area contributed by atoms with Crippen molar-refractivity contribution >= 4 is 5.95 Å². The molecule has 5 heteroatoms. The molecule has 1 aromatic carbocycles. The van der Waals surface area contributed by atoms with E-state index < -0.39 is 0 Å². The van der Waals surface area contributed by atoms with E-state index in [9.17, 15) is 5.11 Å². The van der Waals surface area contributed by atoms with Gasteiger partial charge in [0.15, 0.2) is 5.82 Å². The fourth-order valence-electron chi connectivity index (χ4n) is 1.16. The Hall–Kier alpha value is -2.04. The van der Waals surface area contributed by atoms with E-state index in [0.29, 0.717) is 5.82 Å². The average Bonchev–Trinajstić information content (AvgIpc) is 2.57. The SMILES string of the molecule is Cc1ccc(-c2nc(N)n[nH]2)cc1O. The Morgan fingerprint density at radius 3 is 2.79 bits per heavy atom. The van der Waals surface area contributed by atoms with Gasteiger partial charge in [-0.3, -0.25) is 5.10 Å². The van der Waals surface area contributed by atoms with Gasteiger partial charge in [0.25, 0.3) is 0 Å². The van der Waals surface area contributed by atoms with Crippen LogP contribution in [0.15, 0.2) is 18.2 Å². The minimum Gasteiger partial charge on any atom is -0.508 e. The van der Waals surface area contributed by atoms with Gasteiger partial charge in [0.05, 0.1) is 0 Å². The molecule has 0 spiro atoms. The number of hydrogen-bond donors (Lipinski definition) is 3. The zero-order valence-corrected chi connectivity index (χ0v) is 7.65. The number of rotatable bonds is 1. The van der Waals surface area contributed by atoms with E-state index in [-0.39, 0.29) is 11.7 Å². The highest BCUT2D eigenvalue weighted by Gasteiger charge is 2.04. The van der Waals surface area contributed by atoms with Crippen molar-refractivity contribution in [3.63, 3.8) is 0 Å². The standard InChI is InChI=1S/C9H10N4O/c1-5-2-3-6(4-7(5)14)8-11-9(10)13-12-8/h2-4,14H,1H3,(H3,10,11,12,13). The van der Waals surface area contributed by atoms with Crippen molar-refractivity contribution in [2.24, 2.45) is 0 Å². The number of aromatic hydroxyl groups is 1. The van der Waals surface area contributed by atoms with Gasteiger partial charge < -0.3 is 10.8 Å². The Morgan fingerprint density at radius 2 is 2.21 bits per heavy atom. The summed E-state index contributed by atoms with van der Waals surface area (Å²) in [6.07, 6.45) is 0. The first-order valence-electron chi connectivity index (χ1n) is 4.14. The topological polar surface area (TPSA) is 87.8 Å². The Balaban J connectivity index is 2.47. The lowest BCUT2D eigenvalue weighted by molar-refractivity contribution is 0.471. The van der Waals surface area contributed by atoms with Gasteiger partial charge >= 0.3 is 0 Å². The molecule has 0 saturated carbocycles. The van der Waals surface area contributed by atoms with Gasteiger partial charge in [-0.15, -0.1) is 5.10 Å². The molecule has 0 saturated heterocycles. The van der Waals surface area contributed by atoms with Gasteiger partial charge in [0.2, 0.25) is 5.95 Å². The van der Waals surface area contributed by atoms with E-state index in [0.717, 1.165) is 11.1 Å². The summed E-state index contributed by atoms with van der Waals surface area (Å²) in [6.45, 7) is 1.83. The molecule has 0 bridgehead atoms. The number of benzene rings is 1. The summed E-state index contributed by atoms with van der Waals surface area (Å²) in [4.78, 5) is 3.95. The number of aromatic nitrogens is 3. The van der Waals surface area contributed by atoms with Gasteiger partial charge in [-0.2, -0.15) is 4.98 Å². The summed E-state index contributed by atoms with van der Waals surface area (Å²) in [5.41, 5.74) is 6.95. The third-order valence-electron chi connectivity index (χ3n) is 1.99. The number of nitrogens with two attached hydrogens (primary N) is 1. The van der Waals surface area contributed by atoms with Gasteiger partial charge in [0, 0.05) is 5.56 Å². The van der Waals surface area contributed by atoms with Crippen LogP contribution in [-0.4, -0.2) is 20.3 Å². The summed E-state index contributed by atoms with van der Waals surface area (Å²) in [5, 5.41) is 15.9. The number of phenols is 1. The van der Waals surface area contributed by atoms with Crippen LogP contribution >= 0.6 is 0 Å². The maximum atomic E-state index is 9.47. The quantitative estimate of drug-likeness (QED) is 0.627. The Labute approximate surface area is 80.6 Å². The summed E-state index contributed by atoms with van der Waals surface area (Å²) in [5.74, 6) is 0.982. The minimum atomic E-state index is 0.195. The highest BCUT2D eigenvalue weighted by molar-refractivity contribution is 5.59.